The van der Waals surface area contributed by atoms with Crippen molar-refractivity contribution in [2.75, 3.05) is 6.61 Å². The molecule has 0 saturated carbocycles. The average Bonchev–Trinajstić information content (AvgIpc) is 3.28. The fourth-order valence-electron chi connectivity index (χ4n) is 2.12. The lowest BCUT2D eigenvalue weighted by molar-refractivity contribution is -0.137. The highest BCUT2D eigenvalue weighted by molar-refractivity contribution is 7.13. The number of nitriles is 1. The average molecular weight is 378 g/mol. The molecule has 0 saturated heterocycles. The van der Waals surface area contributed by atoms with E-state index < -0.39 is 24.3 Å². The van der Waals surface area contributed by atoms with Gasteiger partial charge < -0.3 is 4.74 Å². The van der Waals surface area contributed by atoms with Crippen LogP contribution in [-0.2, 0) is 10.9 Å². The van der Waals surface area contributed by atoms with E-state index in [2.05, 4.69) is 14.8 Å². The van der Waals surface area contributed by atoms with E-state index in [1.165, 1.54) is 23.5 Å². The monoisotopic (exact) mass is 378 g/mol. The lowest BCUT2D eigenvalue weighted by Gasteiger charge is -2.09. The first-order valence-corrected chi connectivity index (χ1v) is 8.01. The third-order valence-electron chi connectivity index (χ3n) is 3.22. The van der Waals surface area contributed by atoms with Crippen molar-refractivity contribution in [3.63, 3.8) is 0 Å². The van der Waals surface area contributed by atoms with Crippen LogP contribution in [0.1, 0.15) is 16.2 Å². The van der Waals surface area contributed by atoms with E-state index in [0.717, 1.165) is 16.8 Å². The third-order valence-corrected chi connectivity index (χ3v) is 4.08. The molecule has 0 aliphatic rings. The molecule has 2 heterocycles. The molecular formula is C16H9F3N4O2S. The largest absolute Gasteiger partial charge is 0.444 e. The predicted molar refractivity (Wildman–Crippen MR) is 85.6 cm³/mol. The van der Waals surface area contributed by atoms with Crippen LogP contribution in [0, 0.1) is 11.3 Å². The van der Waals surface area contributed by atoms with Crippen molar-refractivity contribution >= 4 is 17.3 Å². The molecule has 26 heavy (non-hydrogen) atoms. The van der Waals surface area contributed by atoms with Crippen molar-refractivity contribution in [3.8, 4) is 22.5 Å². The van der Waals surface area contributed by atoms with Gasteiger partial charge in [-0.05, 0) is 29.6 Å². The Kier molecular flexibility index (Phi) is 4.73. The normalized spacial score (nSPS) is 11.2. The third kappa shape index (κ3) is 3.57. The summed E-state index contributed by atoms with van der Waals surface area (Å²) in [5, 5.41) is 14.2. The van der Waals surface area contributed by atoms with E-state index in [0.29, 0.717) is 4.88 Å². The standard InChI is InChI=1S/C16H9F3N4O2S/c17-16(18,19)10-3-1-4-11(9-10)23-14(12-5-2-8-26-12)21-13(22-23)15(24)25-7-6-20/h1-5,8-9H,7H2. The maximum absolute atomic E-state index is 13.0. The zero-order valence-electron chi connectivity index (χ0n) is 12.9. The van der Waals surface area contributed by atoms with Crippen LogP contribution in [0.2, 0.25) is 0 Å². The van der Waals surface area contributed by atoms with E-state index in [1.807, 2.05) is 0 Å². The molecule has 0 radical (unpaired) electrons. The topological polar surface area (TPSA) is 80.8 Å². The van der Waals surface area contributed by atoms with Crippen molar-refractivity contribution in [1.29, 1.82) is 5.26 Å². The van der Waals surface area contributed by atoms with Gasteiger partial charge in [0.2, 0.25) is 0 Å². The molecule has 1 aromatic carbocycles. The van der Waals surface area contributed by atoms with Crippen molar-refractivity contribution in [3.05, 3.63) is 53.2 Å². The van der Waals surface area contributed by atoms with Gasteiger partial charge in [0.15, 0.2) is 12.4 Å². The van der Waals surface area contributed by atoms with Gasteiger partial charge in [-0.2, -0.15) is 23.4 Å². The molecule has 3 rings (SSSR count). The van der Waals surface area contributed by atoms with Gasteiger partial charge >= 0.3 is 12.1 Å². The molecule has 0 unspecified atom stereocenters. The van der Waals surface area contributed by atoms with Crippen LogP contribution in [0.4, 0.5) is 13.2 Å². The second-order valence-corrected chi connectivity index (χ2v) is 5.88. The first kappa shape index (κ1) is 17.6. The Morgan fingerprint density at radius 1 is 1.31 bits per heavy atom. The summed E-state index contributed by atoms with van der Waals surface area (Å²) in [6.07, 6.45) is -4.52. The summed E-state index contributed by atoms with van der Waals surface area (Å²) in [6.45, 7) is -0.481. The second kappa shape index (κ2) is 6.97. The van der Waals surface area contributed by atoms with Crippen molar-refractivity contribution in [2.24, 2.45) is 0 Å². The van der Waals surface area contributed by atoms with E-state index in [-0.39, 0.29) is 17.3 Å². The van der Waals surface area contributed by atoms with E-state index in [4.69, 9.17) is 5.26 Å². The molecule has 10 heteroatoms. The van der Waals surface area contributed by atoms with Gasteiger partial charge in [-0.15, -0.1) is 16.4 Å². The zero-order valence-corrected chi connectivity index (χ0v) is 13.7. The molecule has 0 aliphatic carbocycles. The van der Waals surface area contributed by atoms with Gasteiger partial charge in [0, 0.05) is 0 Å². The number of halogens is 3. The zero-order chi connectivity index (χ0) is 18.7. The van der Waals surface area contributed by atoms with Gasteiger partial charge in [0.25, 0.3) is 5.82 Å². The van der Waals surface area contributed by atoms with Crippen molar-refractivity contribution < 1.29 is 22.7 Å². The first-order chi connectivity index (χ1) is 12.4. The summed E-state index contributed by atoms with van der Waals surface area (Å²) in [7, 11) is 0. The van der Waals surface area contributed by atoms with Gasteiger partial charge in [0.1, 0.15) is 6.07 Å². The molecule has 0 fully saturated rings. The Hall–Kier alpha value is -3.19. The Morgan fingerprint density at radius 3 is 2.77 bits per heavy atom. The van der Waals surface area contributed by atoms with Crippen LogP contribution in [0.15, 0.2) is 41.8 Å². The smallest absolute Gasteiger partial charge is 0.416 e. The molecule has 0 spiro atoms. The van der Waals surface area contributed by atoms with Gasteiger partial charge in [-0.3, -0.25) is 0 Å². The highest BCUT2D eigenvalue weighted by Gasteiger charge is 2.31. The van der Waals surface area contributed by atoms with Crippen molar-refractivity contribution in [2.45, 2.75) is 6.18 Å². The fourth-order valence-corrected chi connectivity index (χ4v) is 2.82. The molecule has 132 valence electrons. The number of thiophene rings is 1. The fraction of sp³-hybridized carbons (Fsp3) is 0.125. The lowest BCUT2D eigenvalue weighted by Crippen LogP contribution is -2.09. The first-order valence-electron chi connectivity index (χ1n) is 7.13. The Balaban J connectivity index is 2.10. The van der Waals surface area contributed by atoms with Gasteiger partial charge in [-0.25, -0.2) is 9.48 Å². The number of nitrogens with zero attached hydrogens (tertiary/aromatic N) is 4. The Labute approximate surface area is 149 Å². The lowest BCUT2D eigenvalue weighted by atomic mass is 10.2. The molecule has 0 amide bonds. The van der Waals surface area contributed by atoms with Crippen LogP contribution < -0.4 is 0 Å². The molecule has 0 aliphatic heterocycles. The highest BCUT2D eigenvalue weighted by Crippen LogP contribution is 2.32. The maximum atomic E-state index is 13.0. The van der Waals surface area contributed by atoms with Crippen LogP contribution in [0.3, 0.4) is 0 Å². The highest BCUT2D eigenvalue weighted by atomic mass is 32.1. The Bertz CT molecular complexity index is 974. The summed E-state index contributed by atoms with van der Waals surface area (Å²) in [6, 6.07) is 9.59. The maximum Gasteiger partial charge on any atom is 0.416 e. The number of carbonyl (C=O) groups excluding carboxylic acids is 1. The molecule has 2 aromatic heterocycles. The number of aromatic nitrogens is 3. The quantitative estimate of drug-likeness (QED) is 0.647. The summed E-state index contributed by atoms with van der Waals surface area (Å²) in [5.41, 5.74) is -0.758. The summed E-state index contributed by atoms with van der Waals surface area (Å²) < 4.78 is 44.8. The van der Waals surface area contributed by atoms with Gasteiger partial charge in [0.05, 0.1) is 16.1 Å². The van der Waals surface area contributed by atoms with E-state index >= 15 is 0 Å². The van der Waals surface area contributed by atoms with Crippen molar-refractivity contribution in [1.82, 2.24) is 14.8 Å². The SMILES string of the molecule is N#CCOC(=O)c1nc(-c2cccs2)n(-c2cccc(C(F)(F)F)c2)n1. The molecule has 3 aromatic rings. The molecule has 0 bridgehead atoms. The van der Waals surface area contributed by atoms with E-state index in [9.17, 15) is 18.0 Å². The minimum Gasteiger partial charge on any atom is -0.444 e. The number of hydrogen-bond donors (Lipinski definition) is 0. The minimum absolute atomic E-state index is 0.0926. The van der Waals surface area contributed by atoms with Crippen LogP contribution in [-0.4, -0.2) is 27.3 Å². The summed E-state index contributed by atoms with van der Waals surface area (Å²) >= 11 is 1.29. The van der Waals surface area contributed by atoms with Gasteiger partial charge in [-0.1, -0.05) is 12.1 Å². The molecule has 0 atom stereocenters. The summed E-state index contributed by atoms with van der Waals surface area (Å²) in [4.78, 5) is 16.6. The molecular weight excluding hydrogens is 369 g/mol. The number of carbonyl (C=O) groups is 1. The van der Waals surface area contributed by atoms with Crippen LogP contribution in [0.5, 0.6) is 0 Å². The number of benzene rings is 1. The van der Waals surface area contributed by atoms with Crippen LogP contribution in [0.25, 0.3) is 16.4 Å². The number of alkyl halides is 3. The predicted octanol–water partition coefficient (Wildman–Crippen LogP) is 3.69. The Morgan fingerprint density at radius 2 is 2.12 bits per heavy atom. The number of rotatable bonds is 4. The number of hydrogen-bond acceptors (Lipinski definition) is 6. The summed E-state index contributed by atoms with van der Waals surface area (Å²) in [5.74, 6) is -1.08. The second-order valence-electron chi connectivity index (χ2n) is 4.93. The number of esters is 1. The molecule has 0 N–H and O–H groups in total. The van der Waals surface area contributed by atoms with E-state index in [1.54, 1.807) is 23.6 Å². The van der Waals surface area contributed by atoms with Crippen LogP contribution >= 0.6 is 11.3 Å². The minimum atomic E-state index is -4.52. The molecule has 6 nitrogen and oxygen atoms in total. The number of ether oxygens (including phenoxy) is 1.